The van der Waals surface area contributed by atoms with Crippen molar-refractivity contribution in [3.63, 3.8) is 0 Å². The molecule has 1 N–H and O–H groups in total. The van der Waals surface area contributed by atoms with Crippen LogP contribution in [-0.2, 0) is 6.54 Å². The highest BCUT2D eigenvalue weighted by Gasteiger charge is 2.17. The lowest BCUT2D eigenvalue weighted by Gasteiger charge is -2.07. The van der Waals surface area contributed by atoms with Gasteiger partial charge in [0.25, 0.3) is 5.91 Å². The van der Waals surface area contributed by atoms with Crippen LogP contribution in [0.15, 0.2) is 54.0 Å². The Kier molecular flexibility index (Phi) is 5.02. The van der Waals surface area contributed by atoms with E-state index < -0.39 is 5.91 Å². The van der Waals surface area contributed by atoms with E-state index in [2.05, 4.69) is 10.3 Å². The van der Waals surface area contributed by atoms with Crippen molar-refractivity contribution in [3.8, 4) is 17.7 Å². The van der Waals surface area contributed by atoms with Crippen LogP contribution in [0.5, 0.6) is 11.6 Å². The van der Waals surface area contributed by atoms with Gasteiger partial charge in [-0.3, -0.25) is 4.79 Å². The molecule has 1 heterocycles. The number of halogens is 1. The summed E-state index contributed by atoms with van der Waals surface area (Å²) in [7, 11) is 0. The second kappa shape index (κ2) is 7.55. The second-order valence-electron chi connectivity index (χ2n) is 5.00. The minimum atomic E-state index is -0.405. The van der Waals surface area contributed by atoms with E-state index in [0.29, 0.717) is 16.9 Å². The number of nitrogens with one attached hydrogen (secondary N) is 1. The van der Waals surface area contributed by atoms with Gasteiger partial charge >= 0.3 is 0 Å². The molecule has 7 heteroatoms. The third-order valence-electron chi connectivity index (χ3n) is 3.32. The Morgan fingerprint density at radius 1 is 1.28 bits per heavy atom. The van der Waals surface area contributed by atoms with Gasteiger partial charge in [0, 0.05) is 12.1 Å². The average molecular weight is 353 g/mol. The zero-order chi connectivity index (χ0) is 17.6. The average Bonchev–Trinajstić information content (AvgIpc) is 3.09. The number of benzene rings is 2. The Morgan fingerprint density at radius 2 is 2.12 bits per heavy atom. The second-order valence-corrected chi connectivity index (χ2v) is 5.86. The van der Waals surface area contributed by atoms with E-state index in [9.17, 15) is 9.18 Å². The van der Waals surface area contributed by atoms with Gasteiger partial charge in [0.2, 0.25) is 5.88 Å². The summed E-state index contributed by atoms with van der Waals surface area (Å²) < 4.78 is 19.2. The van der Waals surface area contributed by atoms with E-state index in [1.807, 2.05) is 6.07 Å². The third-order valence-corrected chi connectivity index (χ3v) is 4.12. The molecular weight excluding hydrogens is 341 g/mol. The molecule has 1 amide bonds. The number of thiazole rings is 1. The first-order valence-corrected chi connectivity index (χ1v) is 8.18. The Labute approximate surface area is 147 Å². The molecule has 2 aromatic carbocycles. The third kappa shape index (κ3) is 4.00. The molecule has 5 nitrogen and oxygen atoms in total. The molecule has 0 radical (unpaired) electrons. The van der Waals surface area contributed by atoms with Crippen molar-refractivity contribution >= 4 is 17.2 Å². The molecule has 0 spiro atoms. The molecule has 0 aliphatic rings. The van der Waals surface area contributed by atoms with Crippen LogP contribution in [0.1, 0.15) is 20.8 Å². The Hall–Kier alpha value is -3.24. The SMILES string of the molecule is N#Cc1cccc(Oc2ncsc2C(=O)NCc2ccccc2F)c1. The summed E-state index contributed by atoms with van der Waals surface area (Å²) >= 11 is 1.12. The molecule has 0 atom stereocenters. The van der Waals surface area contributed by atoms with Crippen LogP contribution in [0.2, 0.25) is 0 Å². The smallest absolute Gasteiger partial charge is 0.267 e. The van der Waals surface area contributed by atoms with Gasteiger partial charge in [0.1, 0.15) is 11.6 Å². The van der Waals surface area contributed by atoms with Crippen LogP contribution in [0.3, 0.4) is 0 Å². The van der Waals surface area contributed by atoms with Crippen molar-refractivity contribution in [3.05, 3.63) is 75.9 Å². The first kappa shape index (κ1) is 16.6. The lowest BCUT2D eigenvalue weighted by molar-refractivity contribution is 0.0952. The van der Waals surface area contributed by atoms with Gasteiger partial charge < -0.3 is 10.1 Å². The maximum absolute atomic E-state index is 13.6. The summed E-state index contributed by atoms with van der Waals surface area (Å²) in [6, 6.07) is 14.8. The first-order valence-electron chi connectivity index (χ1n) is 7.30. The molecule has 1 aromatic heterocycles. The monoisotopic (exact) mass is 353 g/mol. The summed E-state index contributed by atoms with van der Waals surface area (Å²) in [6.07, 6.45) is 0. The van der Waals surface area contributed by atoms with E-state index in [-0.39, 0.29) is 23.1 Å². The van der Waals surface area contributed by atoms with E-state index in [0.717, 1.165) is 11.3 Å². The maximum Gasteiger partial charge on any atom is 0.267 e. The molecule has 3 rings (SSSR count). The Bertz CT molecular complexity index is 949. The number of nitrogens with zero attached hydrogens (tertiary/aromatic N) is 2. The lowest BCUT2D eigenvalue weighted by atomic mass is 10.2. The van der Waals surface area contributed by atoms with Crippen molar-refractivity contribution in [2.45, 2.75) is 6.54 Å². The summed E-state index contributed by atoms with van der Waals surface area (Å²) in [4.78, 5) is 16.6. The summed E-state index contributed by atoms with van der Waals surface area (Å²) in [5, 5.41) is 11.6. The fourth-order valence-corrected chi connectivity index (χ4v) is 2.73. The molecule has 0 saturated carbocycles. The summed E-state index contributed by atoms with van der Waals surface area (Å²) in [6.45, 7) is 0.0623. The normalized spacial score (nSPS) is 10.1. The standard InChI is InChI=1S/C18H12FN3O2S/c19-15-7-2-1-5-13(15)10-21-17(23)16-18(22-11-25-16)24-14-6-3-4-12(8-14)9-20/h1-8,11H,10H2,(H,21,23). The fraction of sp³-hybridized carbons (Fsp3) is 0.0556. The topological polar surface area (TPSA) is 75.0 Å². The Morgan fingerprint density at radius 3 is 2.92 bits per heavy atom. The highest BCUT2D eigenvalue weighted by molar-refractivity contribution is 7.12. The van der Waals surface area contributed by atoms with Crippen molar-refractivity contribution in [1.82, 2.24) is 10.3 Å². The minimum absolute atomic E-state index is 0.0623. The van der Waals surface area contributed by atoms with E-state index in [1.54, 1.807) is 42.5 Å². The quantitative estimate of drug-likeness (QED) is 0.755. The van der Waals surface area contributed by atoms with Gasteiger partial charge in [-0.25, -0.2) is 9.37 Å². The van der Waals surface area contributed by atoms with Gasteiger partial charge in [-0.15, -0.1) is 11.3 Å². The van der Waals surface area contributed by atoms with Gasteiger partial charge in [-0.1, -0.05) is 24.3 Å². The van der Waals surface area contributed by atoms with Gasteiger partial charge in [0.15, 0.2) is 4.88 Å². The van der Waals surface area contributed by atoms with Crippen molar-refractivity contribution in [1.29, 1.82) is 5.26 Å². The van der Waals surface area contributed by atoms with Crippen LogP contribution < -0.4 is 10.1 Å². The molecule has 25 heavy (non-hydrogen) atoms. The van der Waals surface area contributed by atoms with Crippen molar-refractivity contribution in [2.75, 3.05) is 0 Å². The van der Waals surface area contributed by atoms with Gasteiger partial charge in [-0.05, 0) is 24.3 Å². The number of rotatable bonds is 5. The number of amides is 1. The number of carbonyl (C=O) groups is 1. The summed E-state index contributed by atoms with van der Waals surface area (Å²) in [5.74, 6) is -0.228. The number of nitriles is 1. The summed E-state index contributed by atoms with van der Waals surface area (Å²) in [5.41, 5.74) is 2.32. The predicted molar refractivity (Wildman–Crippen MR) is 90.9 cm³/mol. The molecule has 0 aliphatic carbocycles. The highest BCUT2D eigenvalue weighted by Crippen LogP contribution is 2.27. The molecule has 0 fully saturated rings. The fourth-order valence-electron chi connectivity index (χ4n) is 2.10. The van der Waals surface area contributed by atoms with E-state index >= 15 is 0 Å². The van der Waals surface area contributed by atoms with Gasteiger partial charge in [0.05, 0.1) is 17.1 Å². The first-order chi connectivity index (χ1) is 12.2. The highest BCUT2D eigenvalue weighted by atomic mass is 32.1. The molecule has 124 valence electrons. The molecule has 0 unspecified atom stereocenters. The molecular formula is C18H12FN3O2S. The van der Waals surface area contributed by atoms with E-state index in [1.165, 1.54) is 11.6 Å². The van der Waals surface area contributed by atoms with Gasteiger partial charge in [-0.2, -0.15) is 5.26 Å². The van der Waals surface area contributed by atoms with Crippen LogP contribution in [0.25, 0.3) is 0 Å². The zero-order valence-corrected chi connectivity index (χ0v) is 13.7. The molecule has 0 aliphatic heterocycles. The van der Waals surface area contributed by atoms with Crippen LogP contribution in [0.4, 0.5) is 4.39 Å². The van der Waals surface area contributed by atoms with Crippen LogP contribution in [-0.4, -0.2) is 10.9 Å². The number of ether oxygens (including phenoxy) is 1. The number of aromatic nitrogens is 1. The lowest BCUT2D eigenvalue weighted by Crippen LogP contribution is -2.22. The maximum atomic E-state index is 13.6. The number of hydrogen-bond donors (Lipinski definition) is 1. The Balaban J connectivity index is 1.71. The van der Waals surface area contributed by atoms with Crippen molar-refractivity contribution < 1.29 is 13.9 Å². The molecule has 0 bridgehead atoms. The number of hydrogen-bond acceptors (Lipinski definition) is 5. The minimum Gasteiger partial charge on any atom is -0.437 e. The predicted octanol–water partition coefficient (Wildman–Crippen LogP) is 3.88. The van der Waals surface area contributed by atoms with Crippen LogP contribution >= 0.6 is 11.3 Å². The van der Waals surface area contributed by atoms with Crippen LogP contribution in [0, 0.1) is 17.1 Å². The number of carbonyl (C=O) groups excluding carboxylic acids is 1. The van der Waals surface area contributed by atoms with Crippen molar-refractivity contribution in [2.24, 2.45) is 0 Å². The zero-order valence-electron chi connectivity index (χ0n) is 12.9. The molecule has 3 aromatic rings. The largest absolute Gasteiger partial charge is 0.437 e. The van der Waals surface area contributed by atoms with E-state index in [4.69, 9.17) is 10.00 Å². The molecule has 0 saturated heterocycles.